The minimum Gasteiger partial charge on any atom is -0.546 e. The zero-order valence-electron chi connectivity index (χ0n) is 20.7. The molecule has 1 saturated heterocycles. The highest BCUT2D eigenvalue weighted by atomic mass is 28.4. The van der Waals surface area contributed by atoms with Gasteiger partial charge < -0.3 is 9.16 Å². The van der Waals surface area contributed by atoms with Crippen molar-refractivity contribution >= 4 is 8.32 Å². The number of ether oxygens (including phenoxy) is 1. The van der Waals surface area contributed by atoms with Crippen LogP contribution in [-0.2, 0) is 9.16 Å². The summed E-state index contributed by atoms with van der Waals surface area (Å²) in [5, 5.41) is 41.1. The van der Waals surface area contributed by atoms with Gasteiger partial charge >= 0.3 is 0 Å². The average molecular weight is 467 g/mol. The van der Waals surface area contributed by atoms with Crippen LogP contribution in [0, 0.1) is 61.6 Å². The van der Waals surface area contributed by atoms with Gasteiger partial charge in [-0.3, -0.25) is 0 Å². The van der Waals surface area contributed by atoms with Crippen molar-refractivity contribution in [1.29, 1.82) is 21.0 Å². The maximum Gasteiger partial charge on any atom is 0.250 e. The van der Waals surface area contributed by atoms with Crippen LogP contribution >= 0.6 is 0 Å². The van der Waals surface area contributed by atoms with Gasteiger partial charge in [-0.15, -0.1) is 0 Å². The molecule has 2 aliphatic heterocycles. The van der Waals surface area contributed by atoms with Crippen LogP contribution in [0.1, 0.15) is 79.1 Å². The lowest BCUT2D eigenvalue weighted by Gasteiger charge is -2.54. The van der Waals surface area contributed by atoms with Crippen molar-refractivity contribution in [2.24, 2.45) is 16.2 Å². The Kier molecular flexibility index (Phi) is 9.14. The highest BCUT2D eigenvalue weighted by Crippen LogP contribution is 2.63. The third kappa shape index (κ3) is 4.42. The Hall–Kier alpha value is -2.32. The molecule has 1 fully saturated rings. The molecule has 7 heteroatoms. The first-order valence-corrected chi connectivity index (χ1v) is 15.1. The molecule has 0 aromatic carbocycles. The molecule has 178 valence electrons. The second-order valence-electron chi connectivity index (χ2n) is 9.86. The number of nitrogens with zero attached hydrogens (tertiary/aromatic N) is 4. The number of nitriles is 4. The van der Waals surface area contributed by atoms with E-state index >= 15 is 0 Å². The predicted octanol–water partition coefficient (Wildman–Crippen LogP) is 6.50. The van der Waals surface area contributed by atoms with Crippen molar-refractivity contribution in [2.45, 2.75) is 103 Å². The van der Waals surface area contributed by atoms with Gasteiger partial charge in [0.2, 0.25) is 5.41 Å². The van der Waals surface area contributed by atoms with Gasteiger partial charge in [-0.05, 0) is 44.0 Å². The van der Waals surface area contributed by atoms with Crippen molar-refractivity contribution in [3.63, 3.8) is 0 Å². The van der Waals surface area contributed by atoms with E-state index in [0.717, 1.165) is 56.7 Å². The van der Waals surface area contributed by atoms with Crippen molar-refractivity contribution in [3.8, 4) is 24.3 Å². The summed E-state index contributed by atoms with van der Waals surface area (Å²) in [6.45, 7) is 8.81. The van der Waals surface area contributed by atoms with Crippen molar-refractivity contribution < 1.29 is 9.16 Å². The van der Waals surface area contributed by atoms with Crippen molar-refractivity contribution in [3.05, 3.63) is 11.8 Å². The third-order valence-corrected chi connectivity index (χ3v) is 12.2. The summed E-state index contributed by atoms with van der Waals surface area (Å²) >= 11 is 0. The summed E-state index contributed by atoms with van der Waals surface area (Å²) in [6.07, 6.45) is 8.44. The maximum absolute atomic E-state index is 10.4. The summed E-state index contributed by atoms with van der Waals surface area (Å²) in [7, 11) is -2.23. The van der Waals surface area contributed by atoms with Crippen LogP contribution in [0.4, 0.5) is 0 Å². The molecule has 2 bridgehead atoms. The second-order valence-corrected chi connectivity index (χ2v) is 13.9. The maximum atomic E-state index is 10.4. The lowest BCUT2D eigenvalue weighted by molar-refractivity contribution is -0.0776. The molecule has 0 radical (unpaired) electrons. The number of allylic oxidation sites excluding steroid dienone is 1. The zero-order valence-corrected chi connectivity index (χ0v) is 21.7. The summed E-state index contributed by atoms with van der Waals surface area (Å²) in [5.74, 6) is 0.617. The van der Waals surface area contributed by atoms with Crippen LogP contribution < -0.4 is 0 Å². The van der Waals surface area contributed by atoms with Gasteiger partial charge in [-0.1, -0.05) is 59.3 Å². The Labute approximate surface area is 200 Å². The fraction of sp³-hybridized carbons (Fsp3) is 0.769. The van der Waals surface area contributed by atoms with E-state index in [4.69, 9.17) is 9.16 Å². The molecule has 0 aromatic heterocycles. The molecule has 0 spiro atoms. The fourth-order valence-electron chi connectivity index (χ4n) is 5.57. The Morgan fingerprint density at radius 3 is 1.88 bits per heavy atom. The van der Waals surface area contributed by atoms with Gasteiger partial charge in [0.1, 0.15) is 6.10 Å². The lowest BCUT2D eigenvalue weighted by atomic mass is 9.46. The van der Waals surface area contributed by atoms with Crippen molar-refractivity contribution in [1.82, 2.24) is 0 Å². The fourth-order valence-corrected chi connectivity index (χ4v) is 10.4. The first kappa shape index (κ1) is 26.9. The summed E-state index contributed by atoms with van der Waals surface area (Å²) in [4.78, 5) is 0. The SMILES string of the molecule is CCCC[Si](CCCC)(CCCC)OC1=CC2OCCCC1(C)C(C#N)(C#N)C2(C#N)C#N. The van der Waals surface area contributed by atoms with Gasteiger partial charge in [0.05, 0.1) is 35.5 Å². The largest absolute Gasteiger partial charge is 0.546 e. The average Bonchev–Trinajstić information content (AvgIpc) is 2.83. The van der Waals surface area contributed by atoms with Crippen LogP contribution in [0.5, 0.6) is 0 Å². The molecule has 0 amide bonds. The molecule has 0 aromatic rings. The Morgan fingerprint density at radius 1 is 0.939 bits per heavy atom. The Balaban J connectivity index is 2.72. The van der Waals surface area contributed by atoms with E-state index in [1.165, 1.54) is 0 Å². The van der Waals surface area contributed by atoms with E-state index in [0.29, 0.717) is 25.2 Å². The third-order valence-electron chi connectivity index (χ3n) is 7.78. The number of rotatable bonds is 11. The molecule has 3 aliphatic rings. The van der Waals surface area contributed by atoms with Crippen LogP contribution in [0.15, 0.2) is 11.8 Å². The van der Waals surface area contributed by atoms with E-state index < -0.39 is 30.7 Å². The molecule has 2 atom stereocenters. The molecule has 0 saturated carbocycles. The normalized spacial score (nSPS) is 25.3. The quantitative estimate of drug-likeness (QED) is 0.321. The second kappa shape index (κ2) is 11.2. The van der Waals surface area contributed by atoms with Gasteiger partial charge in [-0.2, -0.15) is 21.0 Å². The first-order valence-electron chi connectivity index (χ1n) is 12.5. The minimum absolute atomic E-state index is 0.381. The number of fused-ring (bicyclic) bond motifs is 4. The predicted molar refractivity (Wildman–Crippen MR) is 128 cm³/mol. The molecular formula is C26H38N4O2Si. The molecule has 3 rings (SSSR count). The Morgan fingerprint density at radius 2 is 1.45 bits per heavy atom. The number of hydrogen-bond donors (Lipinski definition) is 0. The van der Waals surface area contributed by atoms with E-state index in [-0.39, 0.29) is 0 Å². The highest BCUT2D eigenvalue weighted by molar-refractivity contribution is 6.74. The molecule has 2 unspecified atom stereocenters. The van der Waals surface area contributed by atoms with Crippen LogP contribution in [0.25, 0.3) is 0 Å². The molecule has 1 aliphatic carbocycles. The standard InChI is InChI=1S/C26H38N4O2Si/c1-5-8-14-33(15-9-6-2,16-10-7-3)32-22-17-23-25(18-27,19-28)26(20-29,21-30)24(22,4)12-11-13-31-23/h17,23H,5-16H2,1-4H3. The van der Waals surface area contributed by atoms with E-state index in [1.54, 1.807) is 6.08 Å². The highest BCUT2D eigenvalue weighted by Gasteiger charge is 2.72. The van der Waals surface area contributed by atoms with Gasteiger partial charge in [-0.25, -0.2) is 0 Å². The van der Waals surface area contributed by atoms with Gasteiger partial charge in [0, 0.05) is 6.61 Å². The summed E-state index contributed by atoms with van der Waals surface area (Å²) in [6, 6.07) is 11.5. The first-order chi connectivity index (χ1) is 15.8. The van der Waals surface area contributed by atoms with Crippen LogP contribution in [0.2, 0.25) is 18.1 Å². The van der Waals surface area contributed by atoms with Gasteiger partial charge in [0.25, 0.3) is 8.32 Å². The molecule has 6 nitrogen and oxygen atoms in total. The van der Waals surface area contributed by atoms with Gasteiger partial charge in [0.15, 0.2) is 5.41 Å². The van der Waals surface area contributed by atoms with Crippen LogP contribution in [-0.4, -0.2) is 21.0 Å². The number of unbranched alkanes of at least 4 members (excludes halogenated alkanes) is 3. The van der Waals surface area contributed by atoms with E-state index in [2.05, 4.69) is 45.0 Å². The van der Waals surface area contributed by atoms with E-state index in [1.807, 2.05) is 6.92 Å². The van der Waals surface area contributed by atoms with Crippen LogP contribution in [0.3, 0.4) is 0 Å². The molecule has 0 N–H and O–H groups in total. The van der Waals surface area contributed by atoms with E-state index in [9.17, 15) is 21.0 Å². The lowest BCUT2D eigenvalue weighted by Crippen LogP contribution is -2.61. The molecule has 33 heavy (non-hydrogen) atoms. The Bertz CT molecular complexity index is 838. The smallest absolute Gasteiger partial charge is 0.250 e. The monoisotopic (exact) mass is 466 g/mol. The topological polar surface area (TPSA) is 114 Å². The summed E-state index contributed by atoms with van der Waals surface area (Å²) < 4.78 is 13.1. The minimum atomic E-state index is -2.23. The molecular weight excluding hydrogens is 428 g/mol. The molecule has 2 heterocycles. The summed E-state index contributed by atoms with van der Waals surface area (Å²) in [5.41, 5.74) is -4.83. The van der Waals surface area contributed by atoms with Crippen molar-refractivity contribution in [2.75, 3.05) is 6.61 Å². The zero-order chi connectivity index (χ0) is 24.6. The number of hydrogen-bond acceptors (Lipinski definition) is 6.